The van der Waals surface area contributed by atoms with Gasteiger partial charge < -0.3 is 10.2 Å². The molecule has 24 heavy (non-hydrogen) atoms. The molecule has 0 amide bonds. The summed E-state index contributed by atoms with van der Waals surface area (Å²) in [4.78, 5) is 6.42. The molecule has 0 spiro atoms. The average Bonchev–Trinajstić information content (AvgIpc) is 3.03. The molecule has 1 unspecified atom stereocenters. The van der Waals surface area contributed by atoms with Gasteiger partial charge in [-0.1, -0.05) is 36.7 Å². The van der Waals surface area contributed by atoms with Gasteiger partial charge in [0.05, 0.1) is 0 Å². The molecule has 0 aliphatic carbocycles. The highest BCUT2D eigenvalue weighted by Gasteiger charge is 2.10. The van der Waals surface area contributed by atoms with Gasteiger partial charge in [-0.25, -0.2) is 0 Å². The molecule has 1 N–H and O–H groups in total. The van der Waals surface area contributed by atoms with Crippen LogP contribution in [-0.2, 0) is 13.1 Å². The Morgan fingerprint density at radius 3 is 2.75 bits per heavy atom. The standard InChI is InChI=1S/C17H24ClN5.HI/c1-14(12-23-10-6-9-21-23)11-20-17(19-2)22(3)13-15-7-4-5-8-16(15)18;/h4-10,14H,11-13H2,1-3H3,(H,19,20);1H. The summed E-state index contributed by atoms with van der Waals surface area (Å²) < 4.78 is 1.95. The number of rotatable bonds is 6. The highest BCUT2D eigenvalue weighted by molar-refractivity contribution is 14.0. The number of halogens is 2. The van der Waals surface area contributed by atoms with Gasteiger partial charge >= 0.3 is 0 Å². The fourth-order valence-electron chi connectivity index (χ4n) is 2.40. The predicted octanol–water partition coefficient (Wildman–Crippen LogP) is 3.50. The zero-order valence-corrected chi connectivity index (χ0v) is 17.4. The number of nitrogens with zero attached hydrogens (tertiary/aromatic N) is 4. The van der Waals surface area contributed by atoms with E-state index in [9.17, 15) is 0 Å². The van der Waals surface area contributed by atoms with Gasteiger partial charge in [-0.3, -0.25) is 9.67 Å². The number of nitrogens with one attached hydrogen (secondary N) is 1. The van der Waals surface area contributed by atoms with E-state index in [1.807, 2.05) is 48.3 Å². The number of hydrogen-bond donors (Lipinski definition) is 1. The molecule has 0 saturated carbocycles. The van der Waals surface area contributed by atoms with Crippen molar-refractivity contribution in [2.45, 2.75) is 20.0 Å². The van der Waals surface area contributed by atoms with Crippen molar-refractivity contribution in [3.8, 4) is 0 Å². The van der Waals surface area contributed by atoms with Crippen molar-refractivity contribution in [2.75, 3.05) is 20.6 Å². The maximum absolute atomic E-state index is 6.23. The Labute approximate surface area is 166 Å². The molecule has 5 nitrogen and oxygen atoms in total. The summed E-state index contributed by atoms with van der Waals surface area (Å²) in [5.41, 5.74) is 1.09. The average molecular weight is 462 g/mol. The van der Waals surface area contributed by atoms with Gasteiger partial charge in [-0.2, -0.15) is 5.10 Å². The first-order valence-electron chi connectivity index (χ1n) is 7.72. The summed E-state index contributed by atoms with van der Waals surface area (Å²) in [7, 11) is 3.81. The summed E-state index contributed by atoms with van der Waals surface area (Å²) in [5, 5.41) is 8.43. The van der Waals surface area contributed by atoms with Crippen molar-refractivity contribution in [3.63, 3.8) is 0 Å². The highest BCUT2D eigenvalue weighted by atomic mass is 127. The van der Waals surface area contributed by atoms with Crippen molar-refractivity contribution in [1.82, 2.24) is 20.0 Å². The molecule has 1 heterocycles. The number of guanidine groups is 1. The lowest BCUT2D eigenvalue weighted by atomic mass is 10.2. The summed E-state index contributed by atoms with van der Waals surface area (Å²) in [5.74, 6) is 1.30. The van der Waals surface area contributed by atoms with Crippen LogP contribution >= 0.6 is 35.6 Å². The quantitative estimate of drug-likeness (QED) is 0.407. The lowest BCUT2D eigenvalue weighted by Crippen LogP contribution is -2.40. The monoisotopic (exact) mass is 461 g/mol. The summed E-state index contributed by atoms with van der Waals surface area (Å²) >= 11 is 6.23. The van der Waals surface area contributed by atoms with Gasteiger partial charge in [-0.15, -0.1) is 24.0 Å². The van der Waals surface area contributed by atoms with Gasteiger partial charge in [0.1, 0.15) is 0 Å². The lowest BCUT2D eigenvalue weighted by molar-refractivity contribution is 0.423. The first-order valence-corrected chi connectivity index (χ1v) is 8.10. The molecule has 0 fully saturated rings. The van der Waals surface area contributed by atoms with Gasteiger partial charge in [0.25, 0.3) is 0 Å². The third kappa shape index (κ3) is 6.32. The molecule has 0 aliphatic heterocycles. The molecular weight excluding hydrogens is 437 g/mol. The molecule has 0 bridgehead atoms. The van der Waals surface area contributed by atoms with E-state index in [4.69, 9.17) is 11.6 Å². The molecular formula is C17H25ClIN5. The highest BCUT2D eigenvalue weighted by Crippen LogP contribution is 2.16. The lowest BCUT2D eigenvalue weighted by Gasteiger charge is -2.24. The minimum Gasteiger partial charge on any atom is -0.356 e. The van der Waals surface area contributed by atoms with Crippen LogP contribution in [0.3, 0.4) is 0 Å². The fraction of sp³-hybridized carbons (Fsp3) is 0.412. The number of hydrogen-bond acceptors (Lipinski definition) is 2. The molecule has 1 aromatic carbocycles. The first kappa shape index (κ1) is 20.8. The summed E-state index contributed by atoms with van der Waals surface area (Å²) in [6, 6.07) is 9.82. The van der Waals surface area contributed by atoms with Crippen LogP contribution in [0.4, 0.5) is 0 Å². The van der Waals surface area contributed by atoms with E-state index in [0.717, 1.165) is 29.6 Å². The zero-order chi connectivity index (χ0) is 16.7. The molecule has 1 aromatic heterocycles. The van der Waals surface area contributed by atoms with E-state index in [2.05, 4.69) is 27.2 Å². The largest absolute Gasteiger partial charge is 0.356 e. The molecule has 0 saturated heterocycles. The van der Waals surface area contributed by atoms with Crippen LogP contribution in [0.25, 0.3) is 0 Å². The Morgan fingerprint density at radius 1 is 1.38 bits per heavy atom. The van der Waals surface area contributed by atoms with Crippen LogP contribution in [0.1, 0.15) is 12.5 Å². The Hall–Kier alpha value is -1.28. The van der Waals surface area contributed by atoms with Crippen molar-refractivity contribution >= 4 is 41.5 Å². The molecule has 132 valence electrons. The second-order valence-corrected chi connectivity index (χ2v) is 6.12. The Balaban J connectivity index is 0.00000288. The van der Waals surface area contributed by atoms with Crippen molar-refractivity contribution in [1.29, 1.82) is 0 Å². The van der Waals surface area contributed by atoms with E-state index in [1.165, 1.54) is 0 Å². The topological polar surface area (TPSA) is 45.5 Å². The number of aliphatic imine (C=N–C) groups is 1. The third-order valence-electron chi connectivity index (χ3n) is 3.61. The fourth-order valence-corrected chi connectivity index (χ4v) is 2.60. The Kier molecular flexibility index (Phi) is 9.13. The normalized spacial score (nSPS) is 12.4. The van der Waals surface area contributed by atoms with Crippen LogP contribution < -0.4 is 5.32 Å². The van der Waals surface area contributed by atoms with Crippen LogP contribution in [0, 0.1) is 5.92 Å². The zero-order valence-electron chi connectivity index (χ0n) is 14.3. The molecule has 7 heteroatoms. The summed E-state index contributed by atoms with van der Waals surface area (Å²) in [6.45, 7) is 4.62. The van der Waals surface area contributed by atoms with Crippen molar-refractivity contribution < 1.29 is 0 Å². The van der Waals surface area contributed by atoms with Crippen LogP contribution in [0.15, 0.2) is 47.7 Å². The Bertz CT molecular complexity index is 630. The predicted molar refractivity (Wildman–Crippen MR) is 111 cm³/mol. The Morgan fingerprint density at radius 2 is 2.12 bits per heavy atom. The van der Waals surface area contributed by atoms with E-state index >= 15 is 0 Å². The molecule has 0 radical (unpaired) electrons. The summed E-state index contributed by atoms with van der Waals surface area (Å²) in [6.07, 6.45) is 3.78. The van der Waals surface area contributed by atoms with Gasteiger partial charge in [0.15, 0.2) is 5.96 Å². The second-order valence-electron chi connectivity index (χ2n) is 5.71. The number of benzene rings is 1. The maximum atomic E-state index is 6.23. The van der Waals surface area contributed by atoms with Crippen molar-refractivity contribution in [3.05, 3.63) is 53.3 Å². The van der Waals surface area contributed by atoms with E-state index in [0.29, 0.717) is 12.5 Å². The van der Waals surface area contributed by atoms with E-state index in [-0.39, 0.29) is 24.0 Å². The smallest absolute Gasteiger partial charge is 0.193 e. The SMILES string of the molecule is CN=C(NCC(C)Cn1cccn1)N(C)Cc1ccccc1Cl.I. The molecule has 0 aliphatic rings. The van der Waals surface area contributed by atoms with E-state index in [1.54, 1.807) is 13.2 Å². The van der Waals surface area contributed by atoms with Gasteiger partial charge in [0.2, 0.25) is 0 Å². The first-order chi connectivity index (χ1) is 11.1. The third-order valence-corrected chi connectivity index (χ3v) is 3.97. The molecule has 2 aromatic rings. The van der Waals surface area contributed by atoms with Gasteiger partial charge in [0, 0.05) is 51.1 Å². The van der Waals surface area contributed by atoms with Gasteiger partial charge in [-0.05, 0) is 23.6 Å². The molecule has 1 atom stereocenters. The molecule has 2 rings (SSSR count). The second kappa shape index (κ2) is 10.6. The minimum atomic E-state index is 0. The van der Waals surface area contributed by atoms with Crippen molar-refractivity contribution in [2.24, 2.45) is 10.9 Å². The maximum Gasteiger partial charge on any atom is 0.193 e. The van der Waals surface area contributed by atoms with Crippen LogP contribution in [-0.4, -0.2) is 41.3 Å². The van der Waals surface area contributed by atoms with Crippen LogP contribution in [0.5, 0.6) is 0 Å². The number of aromatic nitrogens is 2. The van der Waals surface area contributed by atoms with E-state index < -0.39 is 0 Å². The minimum absolute atomic E-state index is 0. The van der Waals surface area contributed by atoms with Crippen LogP contribution in [0.2, 0.25) is 5.02 Å².